The molecular weight excluding hydrogens is 214 g/mol. The number of amides is 1. The summed E-state index contributed by atoms with van der Waals surface area (Å²) in [6, 6.07) is 5.47. The fourth-order valence-corrected chi connectivity index (χ4v) is 1.85. The van der Waals surface area contributed by atoms with Gasteiger partial charge in [0.1, 0.15) is 6.10 Å². The van der Waals surface area contributed by atoms with Gasteiger partial charge in [-0.25, -0.2) is 0 Å². The second kappa shape index (κ2) is 3.83. The zero-order valence-electron chi connectivity index (χ0n) is 8.40. The number of carbonyl (C=O) groups excluding carboxylic acids is 1. The molecule has 4 heteroatoms. The molecule has 80 valence electrons. The third-order valence-electron chi connectivity index (χ3n) is 2.64. The molecule has 1 atom stereocenters. The van der Waals surface area contributed by atoms with Crippen LogP contribution in [0.15, 0.2) is 18.2 Å². The average molecular weight is 226 g/mol. The van der Waals surface area contributed by atoms with Gasteiger partial charge >= 0.3 is 0 Å². The molecule has 1 aliphatic rings. The van der Waals surface area contributed by atoms with E-state index in [-0.39, 0.29) is 5.91 Å². The van der Waals surface area contributed by atoms with Crippen LogP contribution >= 0.6 is 11.6 Å². The maximum Gasteiger partial charge on any atom is 0.255 e. The summed E-state index contributed by atoms with van der Waals surface area (Å²) in [4.78, 5) is 13.1. The predicted octanol–water partition coefficient (Wildman–Crippen LogP) is 1.75. The average Bonchev–Trinajstić information content (AvgIpc) is 2.53. The zero-order valence-corrected chi connectivity index (χ0v) is 9.16. The number of rotatable bonds is 1. The quantitative estimate of drug-likeness (QED) is 0.791. The van der Waals surface area contributed by atoms with E-state index in [0.717, 1.165) is 11.3 Å². The standard InChI is InChI=1S/C11H12ClNO2/c1-7-2-3-8(6-9(7)12)13-5-4-10(14)11(13)15/h2-3,6,10,14H,4-5H2,1H3. The van der Waals surface area contributed by atoms with Crippen molar-refractivity contribution in [1.29, 1.82) is 0 Å². The van der Waals surface area contributed by atoms with E-state index in [1.807, 2.05) is 19.1 Å². The molecule has 0 aromatic heterocycles. The minimum Gasteiger partial charge on any atom is -0.383 e. The first-order chi connectivity index (χ1) is 7.09. The van der Waals surface area contributed by atoms with E-state index in [1.165, 1.54) is 0 Å². The molecule has 1 aromatic rings. The Kier molecular flexibility index (Phi) is 2.67. The number of anilines is 1. The molecule has 1 N–H and O–H groups in total. The topological polar surface area (TPSA) is 40.5 Å². The molecule has 15 heavy (non-hydrogen) atoms. The number of halogens is 1. The van der Waals surface area contributed by atoms with Gasteiger partial charge in [-0.05, 0) is 24.6 Å². The van der Waals surface area contributed by atoms with E-state index < -0.39 is 6.10 Å². The van der Waals surface area contributed by atoms with Crippen LogP contribution in [0.3, 0.4) is 0 Å². The van der Waals surface area contributed by atoms with Gasteiger partial charge in [0.05, 0.1) is 0 Å². The zero-order chi connectivity index (χ0) is 11.0. The van der Waals surface area contributed by atoms with Crippen LogP contribution in [0.2, 0.25) is 5.02 Å². The smallest absolute Gasteiger partial charge is 0.255 e. The molecule has 1 fully saturated rings. The lowest BCUT2D eigenvalue weighted by molar-refractivity contribution is -0.123. The van der Waals surface area contributed by atoms with E-state index in [1.54, 1.807) is 11.0 Å². The number of nitrogens with zero attached hydrogens (tertiary/aromatic N) is 1. The number of hydrogen-bond donors (Lipinski definition) is 1. The molecule has 1 saturated heterocycles. The highest BCUT2D eigenvalue weighted by Gasteiger charge is 2.30. The van der Waals surface area contributed by atoms with Gasteiger partial charge in [-0.1, -0.05) is 17.7 Å². The lowest BCUT2D eigenvalue weighted by Gasteiger charge is -2.16. The maximum absolute atomic E-state index is 11.5. The summed E-state index contributed by atoms with van der Waals surface area (Å²) in [7, 11) is 0. The van der Waals surface area contributed by atoms with E-state index in [2.05, 4.69) is 0 Å². The second-order valence-corrected chi connectivity index (χ2v) is 4.14. The minimum atomic E-state index is -0.856. The van der Waals surface area contributed by atoms with E-state index in [4.69, 9.17) is 11.6 Å². The molecule has 1 aromatic carbocycles. The highest BCUT2D eigenvalue weighted by molar-refractivity contribution is 6.31. The Bertz CT molecular complexity index is 406. The molecular formula is C11H12ClNO2. The molecule has 1 heterocycles. The van der Waals surface area contributed by atoms with Gasteiger partial charge in [0.2, 0.25) is 0 Å². The number of aryl methyl sites for hydroxylation is 1. The summed E-state index contributed by atoms with van der Waals surface area (Å²) in [5.74, 6) is -0.241. The first kappa shape index (κ1) is 10.5. The minimum absolute atomic E-state index is 0.241. The highest BCUT2D eigenvalue weighted by Crippen LogP contribution is 2.26. The van der Waals surface area contributed by atoms with E-state index >= 15 is 0 Å². The fourth-order valence-electron chi connectivity index (χ4n) is 1.67. The van der Waals surface area contributed by atoms with Crippen LogP contribution in [0.5, 0.6) is 0 Å². The first-order valence-electron chi connectivity index (χ1n) is 4.85. The van der Waals surface area contributed by atoms with Crippen LogP contribution in [0, 0.1) is 6.92 Å². The van der Waals surface area contributed by atoms with Crippen molar-refractivity contribution in [2.75, 3.05) is 11.4 Å². The number of benzene rings is 1. The maximum atomic E-state index is 11.5. The lowest BCUT2D eigenvalue weighted by Crippen LogP contribution is -2.28. The normalized spacial score (nSPS) is 21.1. The van der Waals surface area contributed by atoms with Gasteiger partial charge in [-0.3, -0.25) is 4.79 Å². The van der Waals surface area contributed by atoms with Gasteiger partial charge in [0.25, 0.3) is 5.91 Å². The third kappa shape index (κ3) is 1.85. The van der Waals surface area contributed by atoms with Crippen LogP contribution < -0.4 is 4.90 Å². The molecule has 1 unspecified atom stereocenters. The molecule has 0 spiro atoms. The molecule has 2 rings (SSSR count). The summed E-state index contributed by atoms with van der Waals surface area (Å²) in [5, 5.41) is 9.97. The Morgan fingerprint density at radius 2 is 2.27 bits per heavy atom. The van der Waals surface area contributed by atoms with Gasteiger partial charge < -0.3 is 10.0 Å². The molecule has 0 radical (unpaired) electrons. The Morgan fingerprint density at radius 1 is 1.53 bits per heavy atom. The SMILES string of the molecule is Cc1ccc(N2CCC(O)C2=O)cc1Cl. The first-order valence-corrected chi connectivity index (χ1v) is 5.23. The molecule has 0 saturated carbocycles. The van der Waals surface area contributed by atoms with Gasteiger partial charge in [-0.15, -0.1) is 0 Å². The van der Waals surface area contributed by atoms with Crippen molar-refractivity contribution >= 4 is 23.2 Å². The van der Waals surface area contributed by atoms with Crippen molar-refractivity contribution in [3.05, 3.63) is 28.8 Å². The number of aliphatic hydroxyl groups excluding tert-OH is 1. The van der Waals surface area contributed by atoms with Crippen LogP contribution in [-0.4, -0.2) is 23.7 Å². The van der Waals surface area contributed by atoms with Crippen molar-refractivity contribution in [3.8, 4) is 0 Å². The van der Waals surface area contributed by atoms with E-state index in [9.17, 15) is 9.90 Å². The van der Waals surface area contributed by atoms with E-state index in [0.29, 0.717) is 18.0 Å². The Hall–Kier alpha value is -1.06. The van der Waals surface area contributed by atoms with Crippen LogP contribution in [0.25, 0.3) is 0 Å². The fraction of sp³-hybridized carbons (Fsp3) is 0.364. The predicted molar refractivity (Wildman–Crippen MR) is 59.2 cm³/mol. The molecule has 0 aliphatic carbocycles. The molecule has 1 amide bonds. The van der Waals surface area contributed by atoms with Crippen molar-refractivity contribution < 1.29 is 9.90 Å². The van der Waals surface area contributed by atoms with Gasteiger partial charge in [-0.2, -0.15) is 0 Å². The van der Waals surface area contributed by atoms with Crippen LogP contribution in [0.4, 0.5) is 5.69 Å². The van der Waals surface area contributed by atoms with Crippen molar-refractivity contribution in [2.24, 2.45) is 0 Å². The van der Waals surface area contributed by atoms with Crippen molar-refractivity contribution in [2.45, 2.75) is 19.4 Å². The number of carbonyl (C=O) groups is 1. The summed E-state index contributed by atoms with van der Waals surface area (Å²) < 4.78 is 0. The summed E-state index contributed by atoms with van der Waals surface area (Å²) in [5.41, 5.74) is 1.74. The Morgan fingerprint density at radius 3 is 2.80 bits per heavy atom. The monoisotopic (exact) mass is 225 g/mol. The molecule has 3 nitrogen and oxygen atoms in total. The summed E-state index contributed by atoms with van der Waals surface area (Å²) in [6.07, 6.45) is -0.366. The molecule has 0 bridgehead atoms. The molecule has 1 aliphatic heterocycles. The van der Waals surface area contributed by atoms with Gasteiger partial charge in [0, 0.05) is 23.7 Å². The number of aliphatic hydroxyl groups is 1. The van der Waals surface area contributed by atoms with Crippen LogP contribution in [0.1, 0.15) is 12.0 Å². The van der Waals surface area contributed by atoms with Crippen molar-refractivity contribution in [1.82, 2.24) is 0 Å². The Labute approximate surface area is 93.3 Å². The van der Waals surface area contributed by atoms with Gasteiger partial charge in [0.15, 0.2) is 0 Å². The van der Waals surface area contributed by atoms with Crippen LogP contribution in [-0.2, 0) is 4.79 Å². The highest BCUT2D eigenvalue weighted by atomic mass is 35.5. The summed E-state index contributed by atoms with van der Waals surface area (Å²) >= 11 is 5.98. The Balaban J connectivity index is 2.31. The number of hydrogen-bond acceptors (Lipinski definition) is 2. The third-order valence-corrected chi connectivity index (χ3v) is 3.05. The second-order valence-electron chi connectivity index (χ2n) is 3.73. The summed E-state index contributed by atoms with van der Waals surface area (Å²) in [6.45, 7) is 2.46. The lowest BCUT2D eigenvalue weighted by atomic mass is 10.2. The largest absolute Gasteiger partial charge is 0.383 e. The van der Waals surface area contributed by atoms with Crippen molar-refractivity contribution in [3.63, 3.8) is 0 Å².